The van der Waals surface area contributed by atoms with Crippen LogP contribution >= 0.6 is 0 Å². The molecule has 3 aromatic rings. The van der Waals surface area contributed by atoms with Crippen LogP contribution in [0.25, 0.3) is 0 Å². The molecule has 0 radical (unpaired) electrons. The van der Waals surface area contributed by atoms with Crippen molar-refractivity contribution in [2.24, 2.45) is 11.8 Å². The topological polar surface area (TPSA) is 168 Å². The Morgan fingerprint density at radius 2 is 1.43 bits per heavy atom. The van der Waals surface area contributed by atoms with Crippen molar-refractivity contribution in [3.8, 4) is 17.2 Å². The Balaban J connectivity index is 1.88. The monoisotopic (exact) mass is 733 g/mol. The Labute approximate surface area is 312 Å². The molecule has 0 heterocycles. The molecule has 3 aromatic carbocycles. The molecule has 5 N–H and O–H groups in total. The molecule has 0 unspecified atom stereocenters. The quantitative estimate of drug-likeness (QED) is 0.0856. The SMILES string of the molecule is COc1ccc(COc2ccc(CN(C[C@H](CCc3ccccc3)NC(=O)[C@@](O)(NC(C)=O)C(C)C)NC(=O)[C@@H](NC(C)=O)C(C)C)cc2)cc1OC. The van der Waals surface area contributed by atoms with Crippen LogP contribution < -0.4 is 35.6 Å². The predicted molar refractivity (Wildman–Crippen MR) is 202 cm³/mol. The second-order valence-corrected chi connectivity index (χ2v) is 13.7. The molecule has 0 aliphatic carbocycles. The van der Waals surface area contributed by atoms with E-state index in [2.05, 4.69) is 21.4 Å². The van der Waals surface area contributed by atoms with Gasteiger partial charge in [-0.2, -0.15) is 0 Å². The van der Waals surface area contributed by atoms with Crippen molar-refractivity contribution >= 4 is 23.6 Å². The van der Waals surface area contributed by atoms with Gasteiger partial charge in [-0.1, -0.05) is 76.2 Å². The van der Waals surface area contributed by atoms with E-state index in [9.17, 15) is 24.3 Å². The summed E-state index contributed by atoms with van der Waals surface area (Å²) in [5, 5.41) is 21.0. The van der Waals surface area contributed by atoms with Crippen LogP contribution in [0, 0.1) is 11.8 Å². The normalized spacial score (nSPS) is 13.4. The number of carbonyl (C=O) groups excluding carboxylic acids is 4. The Morgan fingerprint density at radius 1 is 0.792 bits per heavy atom. The van der Waals surface area contributed by atoms with Crippen LogP contribution in [0.3, 0.4) is 0 Å². The fraction of sp³-hybridized carbons (Fsp3) is 0.450. The Morgan fingerprint density at radius 3 is 2.00 bits per heavy atom. The maximum Gasteiger partial charge on any atom is 0.273 e. The van der Waals surface area contributed by atoms with Gasteiger partial charge in [0.1, 0.15) is 18.4 Å². The summed E-state index contributed by atoms with van der Waals surface area (Å²) < 4.78 is 16.7. The van der Waals surface area contributed by atoms with Crippen molar-refractivity contribution in [1.82, 2.24) is 26.4 Å². The Bertz CT molecular complexity index is 1650. The molecule has 0 aromatic heterocycles. The maximum absolute atomic E-state index is 13.7. The van der Waals surface area contributed by atoms with Crippen molar-refractivity contribution in [2.45, 2.75) is 85.3 Å². The highest BCUT2D eigenvalue weighted by molar-refractivity contribution is 5.89. The number of ether oxygens (including phenoxy) is 3. The fourth-order valence-corrected chi connectivity index (χ4v) is 5.67. The van der Waals surface area contributed by atoms with Crippen LogP contribution in [-0.4, -0.2) is 72.3 Å². The van der Waals surface area contributed by atoms with E-state index in [0.717, 1.165) is 16.7 Å². The van der Waals surface area contributed by atoms with E-state index in [-0.39, 0.29) is 24.9 Å². The maximum atomic E-state index is 13.7. The first-order chi connectivity index (χ1) is 25.1. The van der Waals surface area contributed by atoms with Crippen LogP contribution in [0.15, 0.2) is 72.8 Å². The minimum atomic E-state index is -2.16. The van der Waals surface area contributed by atoms with Crippen LogP contribution in [0.5, 0.6) is 17.2 Å². The molecule has 0 aliphatic heterocycles. The molecule has 4 amide bonds. The third-order valence-corrected chi connectivity index (χ3v) is 8.68. The summed E-state index contributed by atoms with van der Waals surface area (Å²) >= 11 is 0. The van der Waals surface area contributed by atoms with Crippen LogP contribution in [0.4, 0.5) is 0 Å². The summed E-state index contributed by atoms with van der Waals surface area (Å²) in [5.74, 6) is -1.08. The molecule has 0 saturated carbocycles. The van der Waals surface area contributed by atoms with Crippen molar-refractivity contribution in [3.63, 3.8) is 0 Å². The van der Waals surface area contributed by atoms with Gasteiger partial charge < -0.3 is 35.3 Å². The number of rotatable bonds is 20. The highest BCUT2D eigenvalue weighted by Crippen LogP contribution is 2.28. The predicted octanol–water partition coefficient (Wildman–Crippen LogP) is 3.88. The van der Waals surface area contributed by atoms with Gasteiger partial charge in [0.2, 0.25) is 17.5 Å². The van der Waals surface area contributed by atoms with Crippen LogP contribution in [-0.2, 0) is 38.8 Å². The van der Waals surface area contributed by atoms with Gasteiger partial charge in [0.25, 0.3) is 11.8 Å². The van der Waals surface area contributed by atoms with E-state index in [4.69, 9.17) is 14.2 Å². The van der Waals surface area contributed by atoms with E-state index in [1.165, 1.54) is 13.8 Å². The number of amides is 4. The molecule has 53 heavy (non-hydrogen) atoms. The van der Waals surface area contributed by atoms with E-state index in [1.54, 1.807) is 33.1 Å². The molecule has 3 rings (SSSR count). The third kappa shape index (κ3) is 13.1. The molecular weight excluding hydrogens is 678 g/mol. The van der Waals surface area contributed by atoms with Crippen LogP contribution in [0.1, 0.15) is 64.7 Å². The molecule has 3 atom stereocenters. The highest BCUT2D eigenvalue weighted by atomic mass is 16.5. The number of nitrogens with zero attached hydrogens (tertiary/aromatic N) is 1. The number of hydrogen-bond acceptors (Lipinski definition) is 9. The van der Waals surface area contributed by atoms with E-state index >= 15 is 0 Å². The molecular formula is C40H55N5O8. The number of hydrogen-bond donors (Lipinski definition) is 5. The number of aryl methyl sites for hydroxylation is 1. The van der Waals surface area contributed by atoms with Gasteiger partial charge in [-0.15, -0.1) is 0 Å². The summed E-state index contributed by atoms with van der Waals surface area (Å²) in [7, 11) is 3.15. The summed E-state index contributed by atoms with van der Waals surface area (Å²) in [6.07, 6.45) is 1.03. The zero-order chi connectivity index (χ0) is 39.1. The van der Waals surface area contributed by atoms with Crippen molar-refractivity contribution in [2.75, 3.05) is 20.8 Å². The largest absolute Gasteiger partial charge is 0.493 e. The number of benzene rings is 3. The Kier molecular flexibility index (Phi) is 16.1. The first kappa shape index (κ1) is 42.3. The number of methoxy groups -OCH3 is 2. The zero-order valence-corrected chi connectivity index (χ0v) is 32.0. The van der Waals surface area contributed by atoms with E-state index in [1.807, 2.05) is 86.6 Å². The zero-order valence-electron chi connectivity index (χ0n) is 32.0. The summed E-state index contributed by atoms with van der Waals surface area (Å²) in [4.78, 5) is 51.3. The number of hydrazine groups is 1. The average molecular weight is 734 g/mol. The van der Waals surface area contributed by atoms with Crippen molar-refractivity contribution in [3.05, 3.63) is 89.5 Å². The molecule has 0 aliphatic rings. The first-order valence-electron chi connectivity index (χ1n) is 17.8. The Hall–Kier alpha value is -5.14. The van der Waals surface area contributed by atoms with E-state index in [0.29, 0.717) is 36.7 Å². The lowest BCUT2D eigenvalue weighted by Crippen LogP contribution is -2.64. The number of aliphatic hydroxyl groups is 1. The van der Waals surface area contributed by atoms with Gasteiger partial charge in [0.15, 0.2) is 11.5 Å². The van der Waals surface area contributed by atoms with Crippen molar-refractivity contribution < 1.29 is 38.5 Å². The summed E-state index contributed by atoms with van der Waals surface area (Å²) in [6, 6.07) is 21.3. The summed E-state index contributed by atoms with van der Waals surface area (Å²) in [5.41, 5.74) is 3.57. The molecule has 0 bridgehead atoms. The molecule has 0 fully saturated rings. The summed E-state index contributed by atoms with van der Waals surface area (Å²) in [6.45, 7) is 10.2. The number of carbonyl (C=O) groups is 4. The van der Waals surface area contributed by atoms with Gasteiger partial charge in [-0.3, -0.25) is 24.6 Å². The highest BCUT2D eigenvalue weighted by Gasteiger charge is 2.41. The van der Waals surface area contributed by atoms with Gasteiger partial charge in [-0.25, -0.2) is 5.01 Å². The second-order valence-electron chi connectivity index (χ2n) is 13.7. The molecule has 13 heteroatoms. The molecule has 0 spiro atoms. The van der Waals surface area contributed by atoms with E-state index < -0.39 is 41.4 Å². The third-order valence-electron chi connectivity index (χ3n) is 8.68. The van der Waals surface area contributed by atoms with Crippen molar-refractivity contribution in [1.29, 1.82) is 0 Å². The van der Waals surface area contributed by atoms with Gasteiger partial charge in [0, 0.05) is 38.9 Å². The smallest absolute Gasteiger partial charge is 0.273 e. The lowest BCUT2D eigenvalue weighted by Gasteiger charge is -2.35. The molecule has 13 nitrogen and oxygen atoms in total. The van der Waals surface area contributed by atoms with Gasteiger partial charge >= 0.3 is 0 Å². The molecule has 288 valence electrons. The minimum Gasteiger partial charge on any atom is -0.493 e. The number of nitrogens with one attached hydrogen (secondary N) is 4. The van der Waals surface area contributed by atoms with Gasteiger partial charge in [0.05, 0.1) is 14.2 Å². The second kappa shape index (κ2) is 20.2. The minimum absolute atomic E-state index is 0.126. The standard InChI is InChI=1S/C40H55N5O8/c1-26(2)37(41-28(5)46)38(48)44-45(23-31-15-19-34(20-16-31)53-25-32-17-21-35(51-7)36(22-32)52-8)24-33(18-14-30-12-10-9-11-13-30)42-39(49)40(50,27(3)4)43-29(6)47/h9-13,15-17,19-22,26-27,33,37,50H,14,18,23-25H2,1-8H3,(H,41,46)(H,42,49)(H,43,47)(H,44,48)/t33-,37-,40+/m0/s1. The first-order valence-corrected chi connectivity index (χ1v) is 17.8. The van der Waals surface area contributed by atoms with Gasteiger partial charge in [-0.05, 0) is 59.7 Å². The van der Waals surface area contributed by atoms with Crippen LogP contribution in [0.2, 0.25) is 0 Å². The fourth-order valence-electron chi connectivity index (χ4n) is 5.67. The average Bonchev–Trinajstić information content (AvgIpc) is 3.12. The molecule has 0 saturated heterocycles. The lowest BCUT2D eigenvalue weighted by molar-refractivity contribution is -0.155. The lowest BCUT2D eigenvalue weighted by atomic mass is 9.97.